The Labute approximate surface area is 99.9 Å². The number of unbranched alkanes of at least 4 members (excludes halogenated alkanes) is 1. The second-order valence-corrected chi connectivity index (χ2v) is 5.51. The molecule has 0 saturated heterocycles. The minimum Gasteiger partial charge on any atom is -0.379 e. The summed E-state index contributed by atoms with van der Waals surface area (Å²) in [6.45, 7) is 9.62. The highest BCUT2D eigenvalue weighted by atomic mass is 16.5. The average Bonchev–Trinajstić information content (AvgIpc) is 2.97. The Morgan fingerprint density at radius 3 is 2.44 bits per heavy atom. The first kappa shape index (κ1) is 13.9. The van der Waals surface area contributed by atoms with Gasteiger partial charge in [0.05, 0.1) is 18.8 Å². The third-order valence-electron chi connectivity index (χ3n) is 2.49. The molecule has 0 radical (unpaired) electrons. The third-order valence-corrected chi connectivity index (χ3v) is 2.49. The molecule has 0 atom stereocenters. The predicted molar refractivity (Wildman–Crippen MR) is 66.8 cm³/mol. The predicted octanol–water partition coefficient (Wildman–Crippen LogP) is 2.35. The SMILES string of the molecule is CC(C)(C)OCCOCCCCNC1CC1. The molecule has 96 valence electrons. The molecule has 1 saturated carbocycles. The van der Waals surface area contributed by atoms with Crippen LogP contribution < -0.4 is 5.32 Å². The highest BCUT2D eigenvalue weighted by molar-refractivity contribution is 4.80. The van der Waals surface area contributed by atoms with E-state index in [9.17, 15) is 0 Å². The fourth-order valence-electron chi connectivity index (χ4n) is 1.43. The number of hydrogen-bond donors (Lipinski definition) is 1. The Kier molecular flexibility index (Phi) is 6.32. The molecule has 3 nitrogen and oxygen atoms in total. The van der Waals surface area contributed by atoms with Crippen LogP contribution in [0.2, 0.25) is 0 Å². The highest BCUT2D eigenvalue weighted by Gasteiger charge is 2.19. The number of ether oxygens (including phenoxy) is 2. The van der Waals surface area contributed by atoms with E-state index in [2.05, 4.69) is 26.1 Å². The maximum absolute atomic E-state index is 5.56. The van der Waals surface area contributed by atoms with Gasteiger partial charge in [-0.25, -0.2) is 0 Å². The van der Waals surface area contributed by atoms with Gasteiger partial charge in [-0.05, 0) is 53.0 Å². The second-order valence-electron chi connectivity index (χ2n) is 5.51. The van der Waals surface area contributed by atoms with Crippen molar-refractivity contribution in [3.05, 3.63) is 0 Å². The maximum Gasteiger partial charge on any atom is 0.0707 e. The summed E-state index contributed by atoms with van der Waals surface area (Å²) in [7, 11) is 0. The quantitative estimate of drug-likeness (QED) is 0.616. The summed E-state index contributed by atoms with van der Waals surface area (Å²) in [5, 5.41) is 3.50. The summed E-state index contributed by atoms with van der Waals surface area (Å²) in [6, 6.07) is 0.834. The van der Waals surface area contributed by atoms with Crippen LogP contribution in [-0.4, -0.2) is 38.0 Å². The Bertz CT molecular complexity index is 173. The standard InChI is InChI=1S/C13H27NO2/c1-13(2,3)16-11-10-15-9-5-4-8-14-12-6-7-12/h12,14H,4-11H2,1-3H3. The first-order valence-corrected chi connectivity index (χ1v) is 6.53. The Morgan fingerprint density at radius 1 is 1.06 bits per heavy atom. The molecule has 0 aliphatic heterocycles. The van der Waals surface area contributed by atoms with Crippen molar-refractivity contribution >= 4 is 0 Å². The lowest BCUT2D eigenvalue weighted by molar-refractivity contribution is -0.0351. The van der Waals surface area contributed by atoms with E-state index in [0.717, 1.165) is 25.6 Å². The fraction of sp³-hybridized carbons (Fsp3) is 1.00. The highest BCUT2D eigenvalue weighted by Crippen LogP contribution is 2.18. The summed E-state index contributed by atoms with van der Waals surface area (Å²) in [4.78, 5) is 0. The third kappa shape index (κ3) is 9.13. The van der Waals surface area contributed by atoms with Crippen LogP contribution in [-0.2, 0) is 9.47 Å². The summed E-state index contributed by atoms with van der Waals surface area (Å²) in [5.74, 6) is 0. The molecule has 0 heterocycles. The largest absolute Gasteiger partial charge is 0.379 e. The van der Waals surface area contributed by atoms with Gasteiger partial charge in [0, 0.05) is 12.6 Å². The lowest BCUT2D eigenvalue weighted by atomic mass is 10.2. The fourth-order valence-corrected chi connectivity index (χ4v) is 1.43. The van der Waals surface area contributed by atoms with Crippen LogP contribution in [0.3, 0.4) is 0 Å². The number of hydrogen-bond acceptors (Lipinski definition) is 3. The molecule has 0 amide bonds. The molecule has 0 aromatic rings. The second kappa shape index (κ2) is 7.25. The molecule has 0 aromatic heterocycles. The van der Waals surface area contributed by atoms with Gasteiger partial charge in [0.15, 0.2) is 0 Å². The van der Waals surface area contributed by atoms with Crippen molar-refractivity contribution in [3.8, 4) is 0 Å². The van der Waals surface area contributed by atoms with Gasteiger partial charge < -0.3 is 14.8 Å². The molecule has 16 heavy (non-hydrogen) atoms. The monoisotopic (exact) mass is 229 g/mol. The zero-order valence-corrected chi connectivity index (χ0v) is 11.1. The molecule has 1 rings (SSSR count). The molecule has 1 N–H and O–H groups in total. The lowest BCUT2D eigenvalue weighted by Gasteiger charge is -2.19. The van der Waals surface area contributed by atoms with Gasteiger partial charge in [-0.1, -0.05) is 0 Å². The molecule has 0 spiro atoms. The van der Waals surface area contributed by atoms with E-state index in [-0.39, 0.29) is 5.60 Å². The van der Waals surface area contributed by atoms with Crippen molar-refractivity contribution in [2.24, 2.45) is 0 Å². The average molecular weight is 229 g/mol. The van der Waals surface area contributed by atoms with E-state index in [1.807, 2.05) is 0 Å². The molecule has 3 heteroatoms. The minimum absolute atomic E-state index is 0.0441. The van der Waals surface area contributed by atoms with Gasteiger partial charge >= 0.3 is 0 Å². The van der Waals surface area contributed by atoms with Crippen LogP contribution in [0, 0.1) is 0 Å². The van der Waals surface area contributed by atoms with Crippen LogP contribution in [0.25, 0.3) is 0 Å². The summed E-state index contributed by atoms with van der Waals surface area (Å²) in [5.41, 5.74) is -0.0441. The van der Waals surface area contributed by atoms with E-state index in [1.165, 1.54) is 19.3 Å². The lowest BCUT2D eigenvalue weighted by Crippen LogP contribution is -2.22. The molecule has 0 bridgehead atoms. The number of nitrogens with one attached hydrogen (secondary N) is 1. The van der Waals surface area contributed by atoms with Crippen molar-refractivity contribution in [2.75, 3.05) is 26.4 Å². The molecular formula is C13H27NO2. The number of rotatable bonds is 9. The van der Waals surface area contributed by atoms with E-state index < -0.39 is 0 Å². The van der Waals surface area contributed by atoms with Crippen molar-refractivity contribution in [3.63, 3.8) is 0 Å². The van der Waals surface area contributed by atoms with Gasteiger partial charge in [0.1, 0.15) is 0 Å². The smallest absolute Gasteiger partial charge is 0.0707 e. The molecule has 0 aromatic carbocycles. The topological polar surface area (TPSA) is 30.5 Å². The van der Waals surface area contributed by atoms with Crippen LogP contribution >= 0.6 is 0 Å². The normalized spacial score (nSPS) is 16.7. The van der Waals surface area contributed by atoms with Crippen molar-refractivity contribution < 1.29 is 9.47 Å². The van der Waals surface area contributed by atoms with Crippen LogP contribution in [0.15, 0.2) is 0 Å². The van der Waals surface area contributed by atoms with E-state index in [4.69, 9.17) is 9.47 Å². The minimum atomic E-state index is -0.0441. The zero-order valence-electron chi connectivity index (χ0n) is 11.1. The van der Waals surface area contributed by atoms with Gasteiger partial charge in [0.25, 0.3) is 0 Å². The van der Waals surface area contributed by atoms with Crippen LogP contribution in [0.5, 0.6) is 0 Å². The molecule has 0 unspecified atom stereocenters. The zero-order chi connectivity index (χ0) is 11.9. The van der Waals surface area contributed by atoms with Crippen LogP contribution in [0.4, 0.5) is 0 Å². The summed E-state index contributed by atoms with van der Waals surface area (Å²) in [6.07, 6.45) is 5.12. The molecule has 1 fully saturated rings. The Balaban J connectivity index is 1.70. The van der Waals surface area contributed by atoms with E-state index in [1.54, 1.807) is 0 Å². The summed E-state index contributed by atoms with van der Waals surface area (Å²) >= 11 is 0. The first-order chi connectivity index (χ1) is 7.58. The maximum atomic E-state index is 5.56. The first-order valence-electron chi connectivity index (χ1n) is 6.53. The van der Waals surface area contributed by atoms with Gasteiger partial charge in [0.2, 0.25) is 0 Å². The van der Waals surface area contributed by atoms with Crippen molar-refractivity contribution in [1.29, 1.82) is 0 Å². The Morgan fingerprint density at radius 2 is 1.81 bits per heavy atom. The molecule has 1 aliphatic rings. The summed E-state index contributed by atoms with van der Waals surface area (Å²) < 4.78 is 11.1. The van der Waals surface area contributed by atoms with Gasteiger partial charge in [-0.2, -0.15) is 0 Å². The van der Waals surface area contributed by atoms with Crippen molar-refractivity contribution in [2.45, 2.75) is 58.1 Å². The molecule has 1 aliphatic carbocycles. The van der Waals surface area contributed by atoms with E-state index in [0.29, 0.717) is 13.2 Å². The van der Waals surface area contributed by atoms with Crippen molar-refractivity contribution in [1.82, 2.24) is 5.32 Å². The Hall–Kier alpha value is -0.120. The molecular weight excluding hydrogens is 202 g/mol. The van der Waals surface area contributed by atoms with Crippen LogP contribution in [0.1, 0.15) is 46.5 Å². The van der Waals surface area contributed by atoms with Gasteiger partial charge in [-0.3, -0.25) is 0 Å². The van der Waals surface area contributed by atoms with Gasteiger partial charge in [-0.15, -0.1) is 0 Å². The van der Waals surface area contributed by atoms with E-state index >= 15 is 0 Å².